The van der Waals surface area contributed by atoms with E-state index in [9.17, 15) is 91.9 Å². The zero-order valence-electron chi connectivity index (χ0n) is 51.7. The average molecular weight is 1320 g/mol. The van der Waals surface area contributed by atoms with Gasteiger partial charge in [0.15, 0.2) is 37.7 Å². The van der Waals surface area contributed by atoms with E-state index in [2.05, 4.69) is 0 Å². The van der Waals surface area contributed by atoms with Crippen LogP contribution in [0.1, 0.15) is 0 Å². The monoisotopic (exact) mass is 1310 g/mol. The van der Waals surface area contributed by atoms with Gasteiger partial charge in [-0.25, -0.2) is 0 Å². The molecule has 0 unspecified atom stereocenters. The fourth-order valence-electron chi connectivity index (χ4n) is 12.3. The number of hydrogen-bond donors (Lipinski definition) is 18. The summed E-state index contributed by atoms with van der Waals surface area (Å²) in [6.07, 6.45) is -54.5. The molecule has 0 aliphatic carbocycles. The van der Waals surface area contributed by atoms with Crippen LogP contribution in [0.25, 0.3) is 0 Å². The first-order chi connectivity index (χ1) is 42.8. The second-order valence-electron chi connectivity index (χ2n) is 24.7. The lowest BCUT2D eigenvalue weighted by Crippen LogP contribution is -2.70. The van der Waals surface area contributed by atoms with Crippen molar-refractivity contribution in [3.8, 4) is 0 Å². The molecule has 0 aromatic carbocycles. The summed E-state index contributed by atoms with van der Waals surface area (Å²) < 4.78 is 75.9. The first kappa shape index (κ1) is 75.9. The van der Waals surface area contributed by atoms with Gasteiger partial charge in [-0.15, -0.1) is 0 Å². The molecule has 90 heavy (non-hydrogen) atoms. The number of aliphatic hydroxyl groups excluding tert-OH is 18. The van der Waals surface area contributed by atoms with E-state index < -0.39 is 184 Å². The molecule has 22 fully saturated rings. The van der Waals surface area contributed by atoms with Crippen molar-refractivity contribution in [2.75, 3.05) is 160 Å². The second kappa shape index (κ2) is 35.2. The van der Waals surface area contributed by atoms with E-state index in [0.717, 1.165) is 0 Å². The van der Waals surface area contributed by atoms with Crippen molar-refractivity contribution < 1.29 is 149 Å². The van der Waals surface area contributed by atoms with Gasteiger partial charge in [0.05, 0.1) is 39.6 Å². The lowest BCUT2D eigenvalue weighted by Gasteiger charge is -2.52. The van der Waals surface area contributed by atoms with Gasteiger partial charge in [-0.3, -0.25) is 0 Å². The van der Waals surface area contributed by atoms with Gasteiger partial charge in [-0.1, -0.05) is 0 Å². The Kier molecular flexibility index (Phi) is 29.7. The number of aliphatic hydroxyl groups is 18. The van der Waals surface area contributed by atoms with Crippen LogP contribution >= 0.6 is 0 Å². The highest BCUT2D eigenvalue weighted by atomic mass is 16.8. The van der Waals surface area contributed by atoms with E-state index in [-0.39, 0.29) is 118 Å². The lowest BCUT2D eigenvalue weighted by atomic mass is 9.94. The molecule has 36 heteroatoms. The van der Waals surface area contributed by atoms with Crippen molar-refractivity contribution in [3.63, 3.8) is 0 Å². The van der Waals surface area contributed by atoms with Crippen molar-refractivity contribution in [2.24, 2.45) is 0 Å². The Morgan fingerprint density at radius 3 is 0.433 bits per heavy atom. The third-order valence-corrected chi connectivity index (χ3v) is 17.4. The molecule has 0 aromatic heterocycles. The van der Waals surface area contributed by atoms with Crippen molar-refractivity contribution in [2.45, 2.75) is 184 Å². The Morgan fingerprint density at radius 1 is 0.200 bits per heavy atom. The van der Waals surface area contributed by atoms with Crippen molar-refractivity contribution in [1.29, 1.82) is 0 Å². The summed E-state index contributed by atoms with van der Waals surface area (Å²) in [5.74, 6) is 0. The first-order valence-electron chi connectivity index (χ1n) is 30.6. The smallest absolute Gasteiger partial charge is 0.187 e. The number of hydrogen-bond acceptors (Lipinski definition) is 36. The third kappa shape index (κ3) is 18.6. The first-order valence-corrected chi connectivity index (χ1v) is 30.6. The summed E-state index contributed by atoms with van der Waals surface area (Å²) >= 11 is 0. The average Bonchev–Trinajstić information content (AvgIpc) is 0.889. The summed E-state index contributed by atoms with van der Waals surface area (Å²) in [7, 11) is 9.45. The highest BCUT2D eigenvalue weighted by molar-refractivity contribution is 5.02. The van der Waals surface area contributed by atoms with Crippen LogP contribution in [-0.2, 0) is 56.8 Å². The molecular formula is C54H102N6O30. The predicted octanol–water partition coefficient (Wildman–Crippen LogP) is -13.5. The molecule has 36 nitrogen and oxygen atoms in total. The van der Waals surface area contributed by atoms with Gasteiger partial charge in [0.2, 0.25) is 0 Å². The van der Waals surface area contributed by atoms with Gasteiger partial charge in [0.1, 0.15) is 146 Å². The fourth-order valence-corrected chi connectivity index (χ4v) is 12.3. The van der Waals surface area contributed by atoms with Crippen LogP contribution in [0.5, 0.6) is 0 Å². The minimum absolute atomic E-state index is 0.0297. The molecule has 22 rings (SSSR count). The topological polar surface area (TPSA) is 494 Å². The number of nitrogens with zero attached hydrogens (tertiary/aromatic N) is 6. The molecule has 22 aliphatic rings. The van der Waals surface area contributed by atoms with Crippen LogP contribution in [-0.4, -0.2) is 466 Å². The zero-order chi connectivity index (χ0) is 66.0. The zero-order valence-corrected chi connectivity index (χ0v) is 51.7. The molecule has 30 atom stereocenters. The highest BCUT2D eigenvalue weighted by Crippen LogP contribution is 2.39. The van der Waals surface area contributed by atoms with E-state index in [4.69, 9.17) is 56.8 Å². The molecule has 0 amide bonds. The van der Waals surface area contributed by atoms with Crippen molar-refractivity contribution >= 4 is 0 Å². The summed E-state index contributed by atoms with van der Waals surface area (Å²) in [5.41, 5.74) is 0. The van der Waals surface area contributed by atoms with Crippen LogP contribution < -0.4 is 0 Å². The van der Waals surface area contributed by atoms with Crippen LogP contribution in [0.2, 0.25) is 0 Å². The number of rotatable bonds is 24. The van der Waals surface area contributed by atoms with Gasteiger partial charge in [0.25, 0.3) is 0 Å². The molecule has 22 aliphatic heterocycles. The minimum Gasteiger partial charge on any atom is -0.395 e. The molecule has 0 radical (unpaired) electrons. The minimum atomic E-state index is -2.09. The van der Waals surface area contributed by atoms with Gasteiger partial charge in [-0.05, 0) is 42.3 Å². The quantitative estimate of drug-likeness (QED) is 0.0427. The van der Waals surface area contributed by atoms with E-state index in [0.29, 0.717) is 0 Å². The van der Waals surface area contributed by atoms with Crippen LogP contribution in [0.3, 0.4) is 0 Å². The van der Waals surface area contributed by atoms with Gasteiger partial charge in [-0.2, -0.15) is 0 Å². The molecular weight excluding hydrogens is 1210 g/mol. The Morgan fingerprint density at radius 2 is 0.322 bits per heavy atom. The summed E-state index contributed by atoms with van der Waals surface area (Å²) in [5, 5.41) is 204. The maximum Gasteiger partial charge on any atom is 0.187 e. The fraction of sp³-hybridized carbons (Fsp3) is 1.00. The predicted molar refractivity (Wildman–Crippen MR) is 301 cm³/mol. The largest absolute Gasteiger partial charge is 0.395 e. The van der Waals surface area contributed by atoms with E-state index >= 15 is 0 Å². The molecule has 0 spiro atoms. The molecule has 0 saturated carbocycles. The van der Waals surface area contributed by atoms with Crippen LogP contribution in [0.4, 0.5) is 0 Å². The molecule has 12 bridgehead atoms. The van der Waals surface area contributed by atoms with Crippen molar-refractivity contribution in [1.82, 2.24) is 29.4 Å². The Balaban J connectivity index is 1.32. The van der Waals surface area contributed by atoms with E-state index in [1.165, 1.54) is 0 Å². The summed E-state index contributed by atoms with van der Waals surface area (Å²) in [6, 6.07) is 0. The lowest BCUT2D eigenvalue weighted by molar-refractivity contribution is -0.401. The molecule has 22 heterocycles. The van der Waals surface area contributed by atoms with Gasteiger partial charge in [0, 0.05) is 78.5 Å². The summed E-state index contributed by atoms with van der Waals surface area (Å²) in [4.78, 5) is 9.37. The second-order valence-corrected chi connectivity index (χ2v) is 24.7. The highest BCUT2D eigenvalue weighted by Gasteiger charge is 2.59. The third-order valence-electron chi connectivity index (χ3n) is 17.4. The Hall–Kier alpha value is -1.44. The maximum atomic E-state index is 12.1. The number of ether oxygens (including phenoxy) is 12. The number of likely N-dealkylation sites (N-methyl/N-ethyl adjacent to an activating group) is 6. The molecule has 22 saturated heterocycles. The SMILES string of the molecule is CN(CCO)C[C@H]1O[C@@H]2O[C@H]3[C@H](O)[C@@H](O)[C@@H](O[C@H]4[C@H](O)[C@@H](O)[C@@H](O[C@H]5[C@H](O)[C@@H](O)[C@@H](O[C@H]6[C@H](O)[C@@H](O)[C@@H](O[C@H]7[C@H](O)[C@@H](O)[C@@H](O[C@H]1[C@H](O)[C@H]2O)O[C@@H]7CN(C)CCO)O[C@@H]6CN(C)CCO)O[C@@H]5CN(C)CCO)O[C@@H]4CN(C)CCO)O[C@@H]3CN(C)CCO. The van der Waals surface area contributed by atoms with Crippen LogP contribution in [0, 0.1) is 0 Å². The van der Waals surface area contributed by atoms with Gasteiger partial charge < -0.3 is 178 Å². The van der Waals surface area contributed by atoms with E-state index in [1.807, 2.05) is 0 Å². The molecule has 0 aromatic rings. The standard InChI is InChI=1S/C54H102N6O30/c1-55(7-13-61)19-25-43-31(67)37(73)49(79-25)86-44-26(20-56(2)8-14-62)81-51(39(75)33(44)69)88-46-28(22-58(4)10-16-64)83-53(41(77)35(46)71)90-48-30(24-60(6)12-18-66)84-54(42(78)36(48)72)89-47-29(23-59(5)11-17-65)82-52(40(76)34(47)70)87-45-27(21-57(3)9-15-63)80-50(85-43)38(74)32(45)68/h25-54,61-78H,7-24H2,1-6H3/t25-,26-,27-,28-,29-,30-,31-,32-,33-,34-,35-,36-,37-,38-,39-,40-,41-,42-,43-,44-,45-,46-,47-,48-,49-,50-,51-,52-,53-,54-/m1/s1. The van der Waals surface area contributed by atoms with Crippen LogP contribution in [0.15, 0.2) is 0 Å². The summed E-state index contributed by atoms with van der Waals surface area (Å²) in [6.45, 7) is -3.17. The maximum absolute atomic E-state index is 12.1. The Labute approximate surface area is 521 Å². The van der Waals surface area contributed by atoms with Gasteiger partial charge >= 0.3 is 0 Å². The Bertz CT molecular complexity index is 1720. The molecule has 18 N–H and O–H groups in total. The normalized spacial score (nSPS) is 44.2. The molecule has 528 valence electrons. The van der Waals surface area contributed by atoms with E-state index in [1.54, 1.807) is 71.7 Å². The van der Waals surface area contributed by atoms with Crippen molar-refractivity contribution in [3.05, 3.63) is 0 Å².